The number of sulfonamides is 1. The van der Waals surface area contributed by atoms with Crippen molar-refractivity contribution in [2.45, 2.75) is 17.8 Å². The summed E-state index contributed by atoms with van der Waals surface area (Å²) in [4.78, 5) is 8.67. The van der Waals surface area contributed by atoms with Crippen LogP contribution in [-0.4, -0.2) is 49.6 Å². The maximum Gasteiger partial charge on any atom is 0.239 e. The van der Waals surface area contributed by atoms with Crippen LogP contribution in [0.2, 0.25) is 0 Å². The van der Waals surface area contributed by atoms with E-state index in [4.69, 9.17) is 17.3 Å². The van der Waals surface area contributed by atoms with Gasteiger partial charge in [-0.3, -0.25) is 4.99 Å². The van der Waals surface area contributed by atoms with Gasteiger partial charge >= 0.3 is 0 Å². The maximum atomic E-state index is 12.3. The Labute approximate surface area is 146 Å². The number of nitrogens with two attached hydrogens (primary N) is 1. The smallest absolute Gasteiger partial charge is 0.239 e. The summed E-state index contributed by atoms with van der Waals surface area (Å²) in [5.74, 6) is -0.139. The third-order valence-corrected chi connectivity index (χ3v) is 6.47. The number of allylic oxidation sites excluding steroid dienone is 1. The van der Waals surface area contributed by atoms with Gasteiger partial charge in [0.05, 0.1) is 17.7 Å². The molecule has 8 heteroatoms. The second-order valence-electron chi connectivity index (χ2n) is 6.18. The molecule has 0 radical (unpaired) electrons. The van der Waals surface area contributed by atoms with Gasteiger partial charge in [0.2, 0.25) is 16.0 Å². The minimum atomic E-state index is -3.50. The van der Waals surface area contributed by atoms with Gasteiger partial charge in [0, 0.05) is 13.3 Å². The fraction of sp³-hybridized carbons (Fsp3) is 0.375. The van der Waals surface area contributed by atoms with Crippen LogP contribution in [0.15, 0.2) is 40.3 Å². The summed E-state index contributed by atoms with van der Waals surface area (Å²) in [5, 5.41) is -0.137. The second kappa shape index (κ2) is 5.89. The molecule has 3 rings (SSSR count). The molecule has 0 bridgehead atoms. The Hall–Kier alpha value is -1.86. The molecular weight excluding hydrogens is 348 g/mol. The monoisotopic (exact) mass is 366 g/mol. The Kier molecular flexibility index (Phi) is 4.17. The van der Waals surface area contributed by atoms with Gasteiger partial charge in [-0.25, -0.2) is 17.7 Å². The number of alkyl halides is 1. The van der Waals surface area contributed by atoms with Gasteiger partial charge < -0.3 is 5.73 Å². The Balaban J connectivity index is 2.05. The van der Waals surface area contributed by atoms with E-state index in [2.05, 4.69) is 9.98 Å². The number of aliphatic imine (C=N–C) groups is 2. The number of dihydropyridines is 1. The Morgan fingerprint density at radius 3 is 2.83 bits per heavy atom. The highest BCUT2D eigenvalue weighted by molar-refractivity contribution is 7.89. The number of hydrogen-bond acceptors (Lipinski definition) is 5. The molecular formula is C16H19ClN4O2S. The first kappa shape index (κ1) is 17.0. The molecule has 0 spiro atoms. The van der Waals surface area contributed by atoms with E-state index < -0.39 is 15.6 Å². The molecule has 2 heterocycles. The van der Waals surface area contributed by atoms with Gasteiger partial charge in [0.25, 0.3) is 0 Å². The molecule has 2 aliphatic rings. The molecule has 0 aromatic heterocycles. The molecule has 1 aromatic rings. The first-order valence-electron chi connectivity index (χ1n) is 7.50. The van der Waals surface area contributed by atoms with Crippen LogP contribution in [0.25, 0.3) is 5.57 Å². The van der Waals surface area contributed by atoms with E-state index in [-0.39, 0.29) is 17.1 Å². The van der Waals surface area contributed by atoms with Gasteiger partial charge in [-0.1, -0.05) is 24.3 Å². The quantitative estimate of drug-likeness (QED) is 0.806. The first-order chi connectivity index (χ1) is 11.2. The van der Waals surface area contributed by atoms with Crippen LogP contribution in [-0.2, 0) is 15.6 Å². The third-order valence-electron chi connectivity index (χ3n) is 4.25. The van der Waals surface area contributed by atoms with Gasteiger partial charge in [-0.15, -0.1) is 11.6 Å². The van der Waals surface area contributed by atoms with Crippen molar-refractivity contribution in [3.63, 3.8) is 0 Å². The lowest BCUT2D eigenvalue weighted by Gasteiger charge is -2.34. The zero-order valence-electron chi connectivity index (χ0n) is 13.5. The van der Waals surface area contributed by atoms with E-state index in [0.29, 0.717) is 6.54 Å². The number of halogens is 1. The molecule has 0 saturated heterocycles. The minimum Gasteiger partial charge on any atom is -0.369 e. The van der Waals surface area contributed by atoms with E-state index in [0.717, 1.165) is 21.0 Å². The molecule has 2 atom stereocenters. The number of benzene rings is 1. The standard InChI is InChI=1S/C16H19ClN4O2S/c1-16(10-24(22,23)21(2)15(18)20-16)13-5-3-4-11(6-13)12-7-14(17)9-19-8-12/h3-8,14H,9-10H2,1-2H3,(H2,18,20). The summed E-state index contributed by atoms with van der Waals surface area (Å²) in [6.45, 7) is 2.34. The van der Waals surface area contributed by atoms with Crippen LogP contribution >= 0.6 is 11.6 Å². The number of nitrogens with zero attached hydrogens (tertiary/aromatic N) is 3. The summed E-state index contributed by atoms with van der Waals surface area (Å²) < 4.78 is 25.7. The van der Waals surface area contributed by atoms with Crippen LogP contribution < -0.4 is 5.73 Å². The molecule has 128 valence electrons. The van der Waals surface area contributed by atoms with Crippen LogP contribution in [0.1, 0.15) is 18.1 Å². The Bertz CT molecular complexity index is 863. The van der Waals surface area contributed by atoms with E-state index in [1.54, 1.807) is 13.1 Å². The van der Waals surface area contributed by atoms with Crippen LogP contribution in [0, 0.1) is 0 Å². The van der Waals surface area contributed by atoms with Gasteiger partial charge in [-0.05, 0) is 29.7 Å². The molecule has 24 heavy (non-hydrogen) atoms. The first-order valence-corrected chi connectivity index (χ1v) is 9.54. The van der Waals surface area contributed by atoms with Crippen molar-refractivity contribution in [1.82, 2.24) is 4.31 Å². The summed E-state index contributed by atoms with van der Waals surface area (Å²) in [7, 11) is -2.09. The maximum absolute atomic E-state index is 12.3. The highest BCUT2D eigenvalue weighted by Gasteiger charge is 2.40. The highest BCUT2D eigenvalue weighted by atomic mass is 35.5. The van der Waals surface area contributed by atoms with E-state index in [9.17, 15) is 8.42 Å². The summed E-state index contributed by atoms with van der Waals surface area (Å²) >= 11 is 6.14. The average Bonchev–Trinajstić information content (AvgIpc) is 2.52. The zero-order valence-corrected chi connectivity index (χ0v) is 15.0. The van der Waals surface area contributed by atoms with Gasteiger partial charge in [0.15, 0.2) is 0 Å². The van der Waals surface area contributed by atoms with Crippen LogP contribution in [0.5, 0.6) is 0 Å². The number of guanidine groups is 1. The summed E-state index contributed by atoms with van der Waals surface area (Å²) in [5.41, 5.74) is 7.50. The van der Waals surface area contributed by atoms with E-state index >= 15 is 0 Å². The third kappa shape index (κ3) is 3.06. The van der Waals surface area contributed by atoms with E-state index in [1.165, 1.54) is 7.05 Å². The number of hydrogen-bond donors (Lipinski definition) is 1. The van der Waals surface area contributed by atoms with Crippen molar-refractivity contribution in [2.24, 2.45) is 15.7 Å². The molecule has 2 N–H and O–H groups in total. The second-order valence-corrected chi connectivity index (χ2v) is 8.74. The topological polar surface area (TPSA) is 88.1 Å². The molecule has 0 aliphatic carbocycles. The lowest BCUT2D eigenvalue weighted by atomic mass is 9.91. The Morgan fingerprint density at radius 1 is 1.42 bits per heavy atom. The lowest BCUT2D eigenvalue weighted by Crippen LogP contribution is -2.50. The van der Waals surface area contributed by atoms with Crippen LogP contribution in [0.3, 0.4) is 0 Å². The normalized spacial score (nSPS) is 29.1. The van der Waals surface area contributed by atoms with Crippen molar-refractivity contribution in [1.29, 1.82) is 0 Å². The van der Waals surface area contributed by atoms with Gasteiger partial charge in [0.1, 0.15) is 5.54 Å². The molecule has 6 nitrogen and oxygen atoms in total. The summed E-state index contributed by atoms with van der Waals surface area (Å²) in [6, 6.07) is 7.60. The minimum absolute atomic E-state index is 0.00609. The molecule has 0 saturated carbocycles. The zero-order chi connectivity index (χ0) is 17.5. The van der Waals surface area contributed by atoms with E-state index in [1.807, 2.05) is 30.3 Å². The molecule has 2 unspecified atom stereocenters. The summed E-state index contributed by atoms with van der Waals surface area (Å²) in [6.07, 6.45) is 3.72. The van der Waals surface area contributed by atoms with Crippen molar-refractivity contribution in [3.8, 4) is 0 Å². The van der Waals surface area contributed by atoms with Gasteiger partial charge in [-0.2, -0.15) is 0 Å². The molecule has 1 aromatic carbocycles. The van der Waals surface area contributed by atoms with Crippen molar-refractivity contribution in [3.05, 3.63) is 41.5 Å². The molecule has 0 amide bonds. The average molecular weight is 367 g/mol. The Morgan fingerprint density at radius 2 is 2.17 bits per heavy atom. The fourth-order valence-electron chi connectivity index (χ4n) is 2.84. The van der Waals surface area contributed by atoms with Crippen molar-refractivity contribution >= 4 is 39.4 Å². The highest BCUT2D eigenvalue weighted by Crippen LogP contribution is 2.33. The predicted molar refractivity (Wildman–Crippen MR) is 97.9 cm³/mol. The van der Waals surface area contributed by atoms with Crippen LogP contribution in [0.4, 0.5) is 0 Å². The fourth-order valence-corrected chi connectivity index (χ4v) is 4.52. The number of rotatable bonds is 2. The molecule has 0 fully saturated rings. The van der Waals surface area contributed by atoms with Crippen molar-refractivity contribution in [2.75, 3.05) is 19.3 Å². The lowest BCUT2D eigenvalue weighted by molar-refractivity contribution is 0.477. The largest absolute Gasteiger partial charge is 0.369 e. The molecule has 2 aliphatic heterocycles. The SMILES string of the molecule is CN1C(N)=NC(C)(c2cccc(C3=CC(Cl)CN=C3)c2)CS1(=O)=O. The van der Waals surface area contributed by atoms with Crippen molar-refractivity contribution < 1.29 is 8.42 Å². The predicted octanol–water partition coefficient (Wildman–Crippen LogP) is 1.57.